The number of fused-ring (bicyclic) bond motifs is 1. The Balaban J connectivity index is 1.77. The number of halogens is 1. The monoisotopic (exact) mass is 439 g/mol. The van der Waals surface area contributed by atoms with E-state index in [-0.39, 0.29) is 16.9 Å². The lowest BCUT2D eigenvalue weighted by Gasteiger charge is -2.25. The Bertz CT molecular complexity index is 1010. The van der Waals surface area contributed by atoms with Gasteiger partial charge < -0.3 is 10.1 Å². The third-order valence-electron chi connectivity index (χ3n) is 4.96. The van der Waals surface area contributed by atoms with Crippen molar-refractivity contribution in [2.24, 2.45) is 5.92 Å². The second-order valence-corrected chi connectivity index (χ2v) is 10.6. The average Bonchev–Trinajstić information content (AvgIpc) is 3.11. The summed E-state index contributed by atoms with van der Waals surface area (Å²) in [7, 11) is -3.73. The molecule has 9 heteroatoms. The SMILES string of the molecule is CC(NC(=O)OC(C)(C)C)C1CCN(S(=O)(=O)c2cccc3cncc(Cl)c23)C1. The predicted octanol–water partition coefficient (Wildman–Crippen LogP) is 3.81. The first kappa shape index (κ1) is 21.8. The van der Waals surface area contributed by atoms with E-state index in [9.17, 15) is 13.2 Å². The highest BCUT2D eigenvalue weighted by molar-refractivity contribution is 7.89. The molecule has 1 aromatic carbocycles. The van der Waals surface area contributed by atoms with Crippen molar-refractivity contribution in [3.8, 4) is 0 Å². The maximum absolute atomic E-state index is 13.3. The molecular weight excluding hydrogens is 414 g/mol. The zero-order valence-electron chi connectivity index (χ0n) is 17.0. The first-order chi connectivity index (χ1) is 13.5. The first-order valence-corrected chi connectivity index (χ1v) is 11.3. The minimum atomic E-state index is -3.73. The largest absolute Gasteiger partial charge is 0.444 e. The number of nitrogens with one attached hydrogen (secondary N) is 1. The first-order valence-electron chi connectivity index (χ1n) is 9.51. The van der Waals surface area contributed by atoms with Gasteiger partial charge in [-0.1, -0.05) is 23.7 Å². The van der Waals surface area contributed by atoms with Gasteiger partial charge in [0.1, 0.15) is 5.60 Å². The Morgan fingerprint density at radius 1 is 1.34 bits per heavy atom. The molecule has 1 aliphatic heterocycles. The molecule has 2 heterocycles. The molecule has 0 radical (unpaired) electrons. The van der Waals surface area contributed by atoms with Crippen molar-refractivity contribution in [2.45, 2.75) is 50.7 Å². The molecule has 0 spiro atoms. The van der Waals surface area contributed by atoms with Crippen molar-refractivity contribution >= 4 is 38.5 Å². The summed E-state index contributed by atoms with van der Waals surface area (Å²) < 4.78 is 33.4. The summed E-state index contributed by atoms with van der Waals surface area (Å²) >= 11 is 6.26. The summed E-state index contributed by atoms with van der Waals surface area (Å²) in [5.41, 5.74) is -0.586. The molecule has 1 N–H and O–H groups in total. The van der Waals surface area contributed by atoms with E-state index in [1.807, 2.05) is 6.92 Å². The second-order valence-electron chi connectivity index (χ2n) is 8.32. The van der Waals surface area contributed by atoms with E-state index in [1.54, 1.807) is 45.2 Å². The van der Waals surface area contributed by atoms with Crippen LogP contribution in [0.5, 0.6) is 0 Å². The third kappa shape index (κ3) is 4.82. The molecule has 3 rings (SSSR count). The molecule has 29 heavy (non-hydrogen) atoms. The van der Waals surface area contributed by atoms with Crippen molar-refractivity contribution in [1.82, 2.24) is 14.6 Å². The number of hydrogen-bond acceptors (Lipinski definition) is 5. The van der Waals surface area contributed by atoms with E-state index in [1.165, 1.54) is 10.5 Å². The van der Waals surface area contributed by atoms with Gasteiger partial charge in [0, 0.05) is 42.3 Å². The van der Waals surface area contributed by atoms with Crippen LogP contribution in [0.4, 0.5) is 4.79 Å². The van der Waals surface area contributed by atoms with Gasteiger partial charge in [-0.05, 0) is 46.1 Å². The van der Waals surface area contributed by atoms with Crippen molar-refractivity contribution in [1.29, 1.82) is 0 Å². The van der Waals surface area contributed by atoms with Crippen LogP contribution in [0, 0.1) is 5.92 Å². The minimum Gasteiger partial charge on any atom is -0.444 e. The van der Waals surface area contributed by atoms with E-state index in [0.717, 1.165) is 0 Å². The fourth-order valence-electron chi connectivity index (χ4n) is 3.50. The van der Waals surface area contributed by atoms with Gasteiger partial charge in [-0.3, -0.25) is 4.98 Å². The minimum absolute atomic E-state index is 0.00981. The van der Waals surface area contributed by atoms with Crippen molar-refractivity contribution < 1.29 is 17.9 Å². The Labute approximate surface area is 176 Å². The summed E-state index contributed by atoms with van der Waals surface area (Å²) in [5, 5.41) is 4.27. The standard InChI is InChI=1S/C20H26ClN3O4S/c1-13(23-19(25)28-20(2,3)4)15-8-9-24(12-15)29(26,27)17-7-5-6-14-10-22-11-16(21)18(14)17/h5-7,10-11,13,15H,8-9,12H2,1-4H3,(H,23,25). The van der Waals surface area contributed by atoms with Gasteiger partial charge in [0.25, 0.3) is 0 Å². The molecule has 0 bridgehead atoms. The second kappa shape index (κ2) is 8.08. The quantitative estimate of drug-likeness (QED) is 0.782. The summed E-state index contributed by atoms with van der Waals surface area (Å²) in [6, 6.07) is 4.82. The lowest BCUT2D eigenvalue weighted by Crippen LogP contribution is -2.42. The molecule has 2 unspecified atom stereocenters. The highest BCUT2D eigenvalue weighted by Crippen LogP contribution is 2.33. The lowest BCUT2D eigenvalue weighted by atomic mass is 10.0. The summed E-state index contributed by atoms with van der Waals surface area (Å²) in [6.45, 7) is 7.96. The van der Waals surface area contributed by atoms with E-state index < -0.39 is 21.7 Å². The van der Waals surface area contributed by atoms with Crippen molar-refractivity contribution in [3.05, 3.63) is 35.6 Å². The number of sulfonamides is 1. The molecule has 1 aromatic heterocycles. The van der Waals surface area contributed by atoms with Crippen LogP contribution in [0.2, 0.25) is 5.02 Å². The number of benzene rings is 1. The smallest absolute Gasteiger partial charge is 0.407 e. The molecule has 1 saturated heterocycles. The Kier molecular flexibility index (Phi) is 6.08. The van der Waals surface area contributed by atoms with Crippen LogP contribution in [-0.4, -0.2) is 48.5 Å². The average molecular weight is 440 g/mol. The van der Waals surface area contributed by atoms with Crippen molar-refractivity contribution in [2.75, 3.05) is 13.1 Å². The van der Waals surface area contributed by atoms with Crippen LogP contribution in [0.3, 0.4) is 0 Å². The predicted molar refractivity (Wildman–Crippen MR) is 112 cm³/mol. The molecule has 0 aliphatic carbocycles. The van der Waals surface area contributed by atoms with Gasteiger partial charge in [0.15, 0.2) is 0 Å². The van der Waals surface area contributed by atoms with Crippen LogP contribution in [0.1, 0.15) is 34.1 Å². The highest BCUT2D eigenvalue weighted by atomic mass is 35.5. The number of pyridine rings is 1. The summed E-state index contributed by atoms with van der Waals surface area (Å²) in [6.07, 6.45) is 3.19. The van der Waals surface area contributed by atoms with Crippen molar-refractivity contribution in [3.63, 3.8) is 0 Å². The summed E-state index contributed by atoms with van der Waals surface area (Å²) in [4.78, 5) is 16.2. The van der Waals surface area contributed by atoms with Crippen LogP contribution in [0.15, 0.2) is 35.5 Å². The van der Waals surface area contributed by atoms with E-state index in [2.05, 4.69) is 10.3 Å². The Morgan fingerprint density at radius 2 is 2.07 bits per heavy atom. The molecule has 1 amide bonds. The van der Waals surface area contributed by atoms with Gasteiger partial charge in [0.05, 0.1) is 9.92 Å². The topological polar surface area (TPSA) is 88.6 Å². The van der Waals surface area contributed by atoms with Gasteiger partial charge in [0.2, 0.25) is 10.0 Å². The van der Waals surface area contributed by atoms with E-state index >= 15 is 0 Å². The number of rotatable bonds is 4. The van der Waals surface area contributed by atoms with Gasteiger partial charge in [-0.25, -0.2) is 13.2 Å². The number of amides is 1. The number of aromatic nitrogens is 1. The van der Waals surface area contributed by atoms with E-state index in [0.29, 0.717) is 35.3 Å². The molecule has 1 aliphatic rings. The molecule has 158 valence electrons. The van der Waals surface area contributed by atoms with Gasteiger partial charge >= 0.3 is 6.09 Å². The zero-order chi connectivity index (χ0) is 21.4. The maximum Gasteiger partial charge on any atom is 0.407 e. The molecule has 2 atom stereocenters. The number of hydrogen-bond donors (Lipinski definition) is 1. The van der Waals surface area contributed by atoms with Gasteiger partial charge in [-0.15, -0.1) is 0 Å². The number of carbonyl (C=O) groups excluding carboxylic acids is 1. The number of alkyl carbamates (subject to hydrolysis) is 1. The Morgan fingerprint density at radius 3 is 2.76 bits per heavy atom. The third-order valence-corrected chi connectivity index (χ3v) is 7.15. The van der Waals surface area contributed by atoms with Gasteiger partial charge in [-0.2, -0.15) is 4.31 Å². The maximum atomic E-state index is 13.3. The van der Waals surface area contributed by atoms with Crippen LogP contribution in [-0.2, 0) is 14.8 Å². The highest BCUT2D eigenvalue weighted by Gasteiger charge is 2.36. The molecule has 2 aromatic rings. The molecule has 7 nitrogen and oxygen atoms in total. The normalized spacial score (nSPS) is 19.3. The number of carbonyl (C=O) groups is 1. The summed E-state index contributed by atoms with van der Waals surface area (Å²) in [5.74, 6) is -0.00981. The molecular formula is C20H26ClN3O4S. The Hall–Kier alpha value is -1.90. The molecule has 0 saturated carbocycles. The molecule has 1 fully saturated rings. The van der Waals surface area contributed by atoms with E-state index in [4.69, 9.17) is 16.3 Å². The van der Waals surface area contributed by atoms with Crippen LogP contribution in [0.25, 0.3) is 10.8 Å². The number of ether oxygens (including phenoxy) is 1. The fraction of sp³-hybridized carbons (Fsp3) is 0.500. The van der Waals surface area contributed by atoms with Crippen LogP contribution >= 0.6 is 11.6 Å². The number of nitrogens with zero attached hydrogens (tertiary/aromatic N) is 2. The fourth-order valence-corrected chi connectivity index (χ4v) is 5.58. The zero-order valence-corrected chi connectivity index (χ0v) is 18.5. The lowest BCUT2D eigenvalue weighted by molar-refractivity contribution is 0.0494. The van der Waals surface area contributed by atoms with Crippen LogP contribution < -0.4 is 5.32 Å².